The van der Waals surface area contributed by atoms with Crippen LogP contribution in [0.5, 0.6) is 0 Å². The van der Waals surface area contributed by atoms with Crippen LogP contribution < -0.4 is 0 Å². The van der Waals surface area contributed by atoms with Crippen LogP contribution >= 0.6 is 45.2 Å². The Morgan fingerprint density at radius 3 is 2.52 bits per heavy atom. The Morgan fingerprint density at radius 1 is 1.10 bits per heavy atom. The number of carbonyl (C=O) groups excluding carboxylic acids is 1. The monoisotopic (exact) mass is 517 g/mol. The fraction of sp³-hybridized carbons (Fsp3) is 0.938. The summed E-state index contributed by atoms with van der Waals surface area (Å²) < 4.78 is 6.75. The minimum atomic E-state index is 0.0406. The Balaban J connectivity index is 1.80. The minimum Gasteiger partial charge on any atom is -0.469 e. The van der Waals surface area contributed by atoms with Crippen LogP contribution in [0.1, 0.15) is 38.5 Å². The van der Waals surface area contributed by atoms with Gasteiger partial charge in [0.2, 0.25) is 0 Å². The van der Waals surface area contributed by atoms with Gasteiger partial charge < -0.3 is 4.74 Å². The molecule has 2 aliphatic heterocycles. The van der Waals surface area contributed by atoms with Crippen LogP contribution in [0.2, 0.25) is 0 Å². The van der Waals surface area contributed by atoms with Gasteiger partial charge in [-0.25, -0.2) is 0 Å². The largest absolute Gasteiger partial charge is 0.469 e. The van der Waals surface area contributed by atoms with E-state index in [1.807, 2.05) is 0 Å². The van der Waals surface area contributed by atoms with E-state index in [4.69, 9.17) is 4.74 Å². The van der Waals surface area contributed by atoms with Crippen molar-refractivity contribution in [2.75, 3.05) is 14.2 Å². The summed E-state index contributed by atoms with van der Waals surface area (Å²) in [7, 11) is 3.76. The van der Waals surface area contributed by atoms with Gasteiger partial charge in [0.05, 0.1) is 13.0 Å². The number of carbonyl (C=O) groups is 1. The molecule has 3 nitrogen and oxygen atoms in total. The lowest BCUT2D eigenvalue weighted by Gasteiger charge is -2.46. The van der Waals surface area contributed by atoms with Crippen molar-refractivity contribution in [1.82, 2.24) is 4.90 Å². The molecule has 0 N–H and O–H groups in total. The summed E-state index contributed by atoms with van der Waals surface area (Å²) in [4.78, 5) is 14.9. The molecule has 0 spiro atoms. The average Bonchev–Trinajstić information content (AvgIpc) is 2.72. The SMILES string of the molecule is COC(=O)C1C2CC[C@H](C[C@@H]1C1CCC(I)C(I)C1)N2C. The van der Waals surface area contributed by atoms with Gasteiger partial charge >= 0.3 is 5.97 Å². The minimum absolute atomic E-state index is 0.0406. The van der Waals surface area contributed by atoms with Crippen molar-refractivity contribution < 1.29 is 9.53 Å². The van der Waals surface area contributed by atoms with Crippen molar-refractivity contribution in [3.05, 3.63) is 0 Å². The molecule has 5 unspecified atom stereocenters. The maximum absolute atomic E-state index is 12.4. The van der Waals surface area contributed by atoms with Crippen molar-refractivity contribution in [1.29, 1.82) is 0 Å². The number of fused-ring (bicyclic) bond motifs is 2. The van der Waals surface area contributed by atoms with E-state index in [2.05, 4.69) is 57.1 Å². The highest BCUT2D eigenvalue weighted by Crippen LogP contribution is 2.49. The van der Waals surface area contributed by atoms with Crippen LogP contribution in [-0.4, -0.2) is 45.0 Å². The fourth-order valence-corrected chi connectivity index (χ4v) is 6.62. The van der Waals surface area contributed by atoms with Crippen LogP contribution in [-0.2, 0) is 9.53 Å². The number of nitrogens with zero attached hydrogens (tertiary/aromatic N) is 1. The Hall–Kier alpha value is 0.890. The lowest BCUT2D eigenvalue weighted by Crippen LogP contribution is -2.52. The number of piperidine rings is 1. The molecule has 0 aromatic rings. The van der Waals surface area contributed by atoms with Gasteiger partial charge in [-0.15, -0.1) is 0 Å². The van der Waals surface area contributed by atoms with Crippen molar-refractivity contribution >= 4 is 51.2 Å². The van der Waals surface area contributed by atoms with E-state index in [1.54, 1.807) is 7.11 Å². The molecule has 1 saturated carbocycles. The van der Waals surface area contributed by atoms with Gasteiger partial charge in [-0.1, -0.05) is 45.2 Å². The lowest BCUT2D eigenvalue weighted by atomic mass is 9.68. The third kappa shape index (κ3) is 3.12. The summed E-state index contributed by atoms with van der Waals surface area (Å²) in [6, 6.07) is 1.12. The summed E-state index contributed by atoms with van der Waals surface area (Å²) in [5.74, 6) is 1.42. The number of esters is 1. The topological polar surface area (TPSA) is 29.5 Å². The van der Waals surface area contributed by atoms with Gasteiger partial charge in [-0.3, -0.25) is 9.69 Å². The van der Waals surface area contributed by atoms with Crippen molar-refractivity contribution in [3.63, 3.8) is 0 Å². The van der Waals surface area contributed by atoms with E-state index < -0.39 is 0 Å². The predicted octanol–water partition coefficient (Wildman–Crippen LogP) is 3.67. The van der Waals surface area contributed by atoms with Gasteiger partial charge in [0, 0.05) is 19.9 Å². The van der Waals surface area contributed by atoms with Crippen LogP contribution in [0.25, 0.3) is 0 Å². The van der Waals surface area contributed by atoms with Gasteiger partial charge in [0.25, 0.3) is 0 Å². The van der Waals surface area contributed by atoms with Crippen LogP contribution in [0.3, 0.4) is 0 Å². The molecule has 3 rings (SSSR count). The number of hydrogen-bond acceptors (Lipinski definition) is 3. The average molecular weight is 517 g/mol. The molecule has 21 heavy (non-hydrogen) atoms. The quantitative estimate of drug-likeness (QED) is 0.318. The second kappa shape index (κ2) is 6.79. The number of alkyl halides is 2. The van der Waals surface area contributed by atoms with E-state index >= 15 is 0 Å². The van der Waals surface area contributed by atoms with E-state index in [0.717, 1.165) is 13.8 Å². The lowest BCUT2D eigenvalue weighted by molar-refractivity contribution is -0.154. The summed E-state index contributed by atoms with van der Waals surface area (Å²) in [5.41, 5.74) is 0. The Bertz CT molecular complexity index is 406. The first kappa shape index (κ1) is 16.7. The van der Waals surface area contributed by atoms with Gasteiger partial charge in [0.1, 0.15) is 0 Å². The number of methoxy groups -OCH3 is 1. The Morgan fingerprint density at radius 2 is 1.86 bits per heavy atom. The summed E-state index contributed by atoms with van der Waals surface area (Å²) in [6.07, 6.45) is 7.54. The van der Waals surface area contributed by atoms with E-state index in [0.29, 0.717) is 18.0 Å². The second-order valence-electron chi connectivity index (χ2n) is 7.02. The van der Waals surface area contributed by atoms with Crippen LogP contribution in [0, 0.1) is 17.8 Å². The Labute approximate surface area is 155 Å². The van der Waals surface area contributed by atoms with Crippen molar-refractivity contribution in [3.8, 4) is 0 Å². The predicted molar refractivity (Wildman–Crippen MR) is 101 cm³/mol. The number of rotatable bonds is 2. The first-order valence-electron chi connectivity index (χ1n) is 8.10. The molecule has 0 aromatic carbocycles. The van der Waals surface area contributed by atoms with Gasteiger partial charge in [-0.05, 0) is 57.4 Å². The Kier molecular flexibility index (Phi) is 5.41. The van der Waals surface area contributed by atoms with E-state index in [9.17, 15) is 4.79 Å². The van der Waals surface area contributed by atoms with E-state index in [-0.39, 0.29) is 11.9 Å². The zero-order valence-corrected chi connectivity index (χ0v) is 17.1. The molecular weight excluding hydrogens is 492 g/mol. The molecule has 5 heteroatoms. The molecule has 3 fully saturated rings. The van der Waals surface area contributed by atoms with E-state index in [1.165, 1.54) is 38.5 Å². The molecule has 7 atom stereocenters. The maximum Gasteiger partial charge on any atom is 0.310 e. The number of hydrogen-bond donors (Lipinski definition) is 0. The zero-order chi connectivity index (χ0) is 15.1. The third-order valence-corrected chi connectivity index (χ3v) is 10.4. The maximum atomic E-state index is 12.4. The molecule has 2 bridgehead atoms. The summed E-state index contributed by atoms with van der Waals surface area (Å²) in [5, 5.41) is 0. The van der Waals surface area contributed by atoms with Crippen LogP contribution in [0.4, 0.5) is 0 Å². The zero-order valence-electron chi connectivity index (χ0n) is 12.8. The highest BCUT2D eigenvalue weighted by Gasteiger charge is 2.51. The van der Waals surface area contributed by atoms with Gasteiger partial charge in [-0.2, -0.15) is 0 Å². The second-order valence-corrected chi connectivity index (χ2v) is 10.2. The molecule has 3 aliphatic rings. The highest BCUT2D eigenvalue weighted by molar-refractivity contribution is 14.1. The molecule has 0 aromatic heterocycles. The molecule has 0 radical (unpaired) electrons. The summed E-state index contributed by atoms with van der Waals surface area (Å²) >= 11 is 5.23. The normalized spacial score (nSPS) is 47.3. The van der Waals surface area contributed by atoms with Crippen molar-refractivity contribution in [2.24, 2.45) is 17.8 Å². The first-order chi connectivity index (χ1) is 10.0. The number of halogens is 2. The molecular formula is C16H25I2NO2. The summed E-state index contributed by atoms with van der Waals surface area (Å²) in [6.45, 7) is 0. The number of ether oxygens (including phenoxy) is 1. The molecule has 1 aliphatic carbocycles. The molecule has 2 heterocycles. The smallest absolute Gasteiger partial charge is 0.310 e. The highest BCUT2D eigenvalue weighted by atomic mass is 127. The fourth-order valence-electron chi connectivity index (χ4n) is 4.96. The standard InChI is InChI=1S/C16H25I2NO2/c1-19-10-4-6-14(19)15(16(20)21-2)11(8-10)9-3-5-12(17)13(18)7-9/h9-15H,3-8H2,1-2H3/t9?,10-,11-,12?,13?,14?,15?/m1/s1. The van der Waals surface area contributed by atoms with Crippen molar-refractivity contribution in [2.45, 2.75) is 58.5 Å². The molecule has 0 amide bonds. The molecule has 120 valence electrons. The molecule has 2 saturated heterocycles. The third-order valence-electron chi connectivity index (χ3n) is 6.13. The van der Waals surface area contributed by atoms with Gasteiger partial charge in [0.15, 0.2) is 0 Å². The first-order valence-corrected chi connectivity index (χ1v) is 10.6. The van der Waals surface area contributed by atoms with Crippen LogP contribution in [0.15, 0.2) is 0 Å².